The van der Waals surface area contributed by atoms with E-state index in [9.17, 15) is 0 Å². The first-order valence-corrected chi connectivity index (χ1v) is 3.66. The number of nitrogens with two attached hydrogens (primary N) is 1. The van der Waals surface area contributed by atoms with Crippen molar-refractivity contribution in [1.82, 2.24) is 0 Å². The summed E-state index contributed by atoms with van der Waals surface area (Å²) < 4.78 is 0. The Labute approximate surface area is 68.3 Å². The predicted octanol–water partition coefficient (Wildman–Crippen LogP) is 2.08. The summed E-state index contributed by atoms with van der Waals surface area (Å²) in [5.74, 6) is 0.301. The SMILES string of the molecule is C=C(C)C(=N)/C=C(\N)C(C)C. The minimum Gasteiger partial charge on any atom is -0.402 e. The number of hydrogen-bond acceptors (Lipinski definition) is 2. The molecule has 0 aliphatic rings. The Bertz CT molecular complexity index is 200. The van der Waals surface area contributed by atoms with Gasteiger partial charge in [-0.05, 0) is 24.5 Å². The summed E-state index contributed by atoms with van der Waals surface area (Å²) in [4.78, 5) is 0. The van der Waals surface area contributed by atoms with Crippen LogP contribution in [0, 0.1) is 11.3 Å². The highest BCUT2D eigenvalue weighted by atomic mass is 14.6. The minimum atomic E-state index is 0.301. The molecule has 0 rings (SSSR count). The zero-order valence-electron chi connectivity index (χ0n) is 7.44. The van der Waals surface area contributed by atoms with Crippen molar-refractivity contribution in [3.8, 4) is 0 Å². The molecule has 0 aromatic carbocycles. The normalized spacial score (nSPS) is 11.8. The van der Waals surface area contributed by atoms with E-state index in [0.717, 1.165) is 11.3 Å². The van der Waals surface area contributed by atoms with E-state index in [4.69, 9.17) is 11.1 Å². The fourth-order valence-corrected chi connectivity index (χ4v) is 0.457. The molecule has 62 valence electrons. The van der Waals surface area contributed by atoms with Crippen LogP contribution < -0.4 is 5.73 Å². The molecule has 3 N–H and O–H groups in total. The van der Waals surface area contributed by atoms with E-state index in [-0.39, 0.29) is 0 Å². The molecular formula is C9H16N2. The Kier molecular flexibility index (Phi) is 3.58. The molecule has 0 heterocycles. The zero-order valence-corrected chi connectivity index (χ0v) is 7.44. The second-order valence-corrected chi connectivity index (χ2v) is 2.99. The van der Waals surface area contributed by atoms with Crippen molar-refractivity contribution >= 4 is 5.71 Å². The fourth-order valence-electron chi connectivity index (χ4n) is 0.457. The van der Waals surface area contributed by atoms with Crippen molar-refractivity contribution in [1.29, 1.82) is 5.41 Å². The second-order valence-electron chi connectivity index (χ2n) is 2.99. The molecule has 0 spiro atoms. The van der Waals surface area contributed by atoms with E-state index in [1.807, 2.05) is 13.8 Å². The highest BCUT2D eigenvalue weighted by molar-refractivity contribution is 6.05. The van der Waals surface area contributed by atoms with Crippen molar-refractivity contribution in [2.75, 3.05) is 0 Å². The number of hydrogen-bond donors (Lipinski definition) is 2. The quantitative estimate of drug-likeness (QED) is 0.598. The highest BCUT2D eigenvalue weighted by Crippen LogP contribution is 2.03. The summed E-state index contributed by atoms with van der Waals surface area (Å²) in [5, 5.41) is 7.41. The summed E-state index contributed by atoms with van der Waals surface area (Å²) in [7, 11) is 0. The summed E-state index contributed by atoms with van der Waals surface area (Å²) >= 11 is 0. The van der Waals surface area contributed by atoms with Crippen LogP contribution in [0.2, 0.25) is 0 Å². The van der Waals surface area contributed by atoms with Crippen molar-refractivity contribution < 1.29 is 0 Å². The molecule has 2 nitrogen and oxygen atoms in total. The van der Waals surface area contributed by atoms with Crippen LogP contribution in [0.1, 0.15) is 20.8 Å². The molecule has 0 bridgehead atoms. The molecule has 0 aromatic heterocycles. The van der Waals surface area contributed by atoms with Gasteiger partial charge in [0.05, 0.1) is 5.71 Å². The van der Waals surface area contributed by atoms with E-state index in [2.05, 4.69) is 6.58 Å². The lowest BCUT2D eigenvalue weighted by molar-refractivity contribution is 0.758. The molecule has 11 heavy (non-hydrogen) atoms. The van der Waals surface area contributed by atoms with Gasteiger partial charge in [-0.15, -0.1) is 0 Å². The van der Waals surface area contributed by atoms with Crippen molar-refractivity contribution in [3.05, 3.63) is 23.9 Å². The van der Waals surface area contributed by atoms with Crippen molar-refractivity contribution in [2.24, 2.45) is 11.7 Å². The summed E-state index contributed by atoms with van der Waals surface area (Å²) in [5.41, 5.74) is 7.53. The maximum absolute atomic E-state index is 7.41. The summed E-state index contributed by atoms with van der Waals surface area (Å²) in [6.45, 7) is 9.44. The van der Waals surface area contributed by atoms with Crippen LogP contribution >= 0.6 is 0 Å². The molecule has 0 unspecified atom stereocenters. The number of allylic oxidation sites excluding steroid dienone is 3. The molecule has 0 amide bonds. The number of nitrogens with one attached hydrogen (secondary N) is 1. The van der Waals surface area contributed by atoms with Crippen molar-refractivity contribution in [2.45, 2.75) is 20.8 Å². The van der Waals surface area contributed by atoms with E-state index in [0.29, 0.717) is 11.6 Å². The lowest BCUT2D eigenvalue weighted by Crippen LogP contribution is -2.08. The van der Waals surface area contributed by atoms with Gasteiger partial charge < -0.3 is 11.1 Å². The lowest BCUT2D eigenvalue weighted by atomic mass is 10.1. The van der Waals surface area contributed by atoms with Crippen LogP contribution in [-0.2, 0) is 0 Å². The van der Waals surface area contributed by atoms with Crippen molar-refractivity contribution in [3.63, 3.8) is 0 Å². The molecule has 0 radical (unpaired) electrons. The first-order valence-electron chi connectivity index (χ1n) is 3.66. The van der Waals surface area contributed by atoms with Gasteiger partial charge in [0.2, 0.25) is 0 Å². The van der Waals surface area contributed by atoms with Crippen LogP contribution in [-0.4, -0.2) is 5.71 Å². The maximum Gasteiger partial charge on any atom is 0.0580 e. The maximum atomic E-state index is 7.41. The Morgan fingerprint density at radius 1 is 1.55 bits per heavy atom. The first-order chi connectivity index (χ1) is 4.95. The van der Waals surface area contributed by atoms with E-state index < -0.39 is 0 Å². The largest absolute Gasteiger partial charge is 0.402 e. The van der Waals surface area contributed by atoms with Gasteiger partial charge >= 0.3 is 0 Å². The zero-order chi connectivity index (χ0) is 9.02. The van der Waals surface area contributed by atoms with Crippen LogP contribution in [0.5, 0.6) is 0 Å². The van der Waals surface area contributed by atoms with Crippen LogP contribution in [0.15, 0.2) is 23.9 Å². The molecule has 0 saturated heterocycles. The minimum absolute atomic E-state index is 0.301. The molecule has 0 aliphatic heterocycles. The average Bonchev–Trinajstić information content (AvgIpc) is 1.87. The fraction of sp³-hybridized carbons (Fsp3) is 0.444. The Hall–Kier alpha value is -1.05. The standard InChI is InChI=1S/C9H16N2/c1-6(2)8(10)5-9(11)7(3)4/h5,7,10H,1,11H2,2-4H3/b9-5-,10-8?. The van der Waals surface area contributed by atoms with Gasteiger partial charge in [-0.25, -0.2) is 0 Å². The predicted molar refractivity (Wildman–Crippen MR) is 49.6 cm³/mol. The third-order valence-electron chi connectivity index (χ3n) is 1.44. The van der Waals surface area contributed by atoms with Gasteiger partial charge in [0.15, 0.2) is 0 Å². The number of rotatable bonds is 3. The Morgan fingerprint density at radius 2 is 2.00 bits per heavy atom. The molecule has 0 saturated carbocycles. The molecule has 2 heteroatoms. The van der Waals surface area contributed by atoms with E-state index >= 15 is 0 Å². The lowest BCUT2D eigenvalue weighted by Gasteiger charge is -2.04. The van der Waals surface area contributed by atoms with Gasteiger partial charge in [-0.2, -0.15) is 0 Å². The summed E-state index contributed by atoms with van der Waals surface area (Å²) in [6.07, 6.45) is 1.66. The third kappa shape index (κ3) is 3.61. The average molecular weight is 152 g/mol. The molecule has 0 atom stereocenters. The first kappa shape index (κ1) is 9.95. The van der Waals surface area contributed by atoms with E-state index in [1.165, 1.54) is 0 Å². The highest BCUT2D eigenvalue weighted by Gasteiger charge is 1.99. The summed E-state index contributed by atoms with van der Waals surface area (Å²) in [6, 6.07) is 0. The van der Waals surface area contributed by atoms with Gasteiger partial charge in [0, 0.05) is 5.70 Å². The molecule has 0 fully saturated rings. The Balaban J connectivity index is 4.32. The second kappa shape index (κ2) is 3.96. The van der Waals surface area contributed by atoms with Gasteiger partial charge in [-0.3, -0.25) is 0 Å². The van der Waals surface area contributed by atoms with Gasteiger partial charge in [-0.1, -0.05) is 20.4 Å². The van der Waals surface area contributed by atoms with E-state index in [1.54, 1.807) is 13.0 Å². The van der Waals surface area contributed by atoms with Crippen LogP contribution in [0.4, 0.5) is 0 Å². The third-order valence-corrected chi connectivity index (χ3v) is 1.44. The van der Waals surface area contributed by atoms with Crippen LogP contribution in [0.25, 0.3) is 0 Å². The topological polar surface area (TPSA) is 49.9 Å². The van der Waals surface area contributed by atoms with Crippen LogP contribution in [0.3, 0.4) is 0 Å². The smallest absolute Gasteiger partial charge is 0.0580 e. The molecular weight excluding hydrogens is 136 g/mol. The molecule has 0 aliphatic carbocycles. The Morgan fingerprint density at radius 3 is 2.27 bits per heavy atom. The molecule has 0 aromatic rings. The van der Waals surface area contributed by atoms with Gasteiger partial charge in [0.25, 0.3) is 0 Å². The monoisotopic (exact) mass is 152 g/mol. The van der Waals surface area contributed by atoms with Gasteiger partial charge in [0.1, 0.15) is 0 Å².